The highest BCUT2D eigenvalue weighted by molar-refractivity contribution is 6.43. The molecule has 2 heterocycles. The van der Waals surface area contributed by atoms with Crippen LogP contribution in [0.4, 0.5) is 5.69 Å². The Morgan fingerprint density at radius 1 is 1.04 bits per heavy atom. The normalized spacial score (nSPS) is 21.5. The fourth-order valence-electron chi connectivity index (χ4n) is 3.62. The van der Waals surface area contributed by atoms with Crippen molar-refractivity contribution in [2.75, 3.05) is 18.4 Å². The van der Waals surface area contributed by atoms with Crippen LogP contribution >= 0.6 is 0 Å². The van der Waals surface area contributed by atoms with Crippen LogP contribution in [0.2, 0.25) is 0 Å². The molecule has 1 fully saturated rings. The minimum Gasteiger partial charge on any atom is -0.386 e. The van der Waals surface area contributed by atoms with Gasteiger partial charge in [0, 0.05) is 24.2 Å². The second-order valence-corrected chi connectivity index (χ2v) is 7.01. The Morgan fingerprint density at radius 3 is 2.48 bits per heavy atom. The molecule has 27 heavy (non-hydrogen) atoms. The van der Waals surface area contributed by atoms with E-state index in [1.54, 1.807) is 4.90 Å². The number of piperidine rings is 1. The summed E-state index contributed by atoms with van der Waals surface area (Å²) in [7, 11) is 0. The first-order valence-corrected chi connectivity index (χ1v) is 9.11. The van der Waals surface area contributed by atoms with Gasteiger partial charge in [-0.15, -0.1) is 0 Å². The molecule has 2 aromatic rings. The van der Waals surface area contributed by atoms with Crippen molar-refractivity contribution >= 4 is 23.2 Å². The molecular weight excluding hydrogens is 342 g/mol. The molecule has 0 radical (unpaired) electrons. The van der Waals surface area contributed by atoms with Crippen LogP contribution in [0.25, 0.3) is 0 Å². The summed E-state index contributed by atoms with van der Waals surface area (Å²) in [5.41, 5.74) is 1.14. The van der Waals surface area contributed by atoms with Crippen LogP contribution in [0.3, 0.4) is 0 Å². The van der Waals surface area contributed by atoms with Crippen LogP contribution in [0.5, 0.6) is 0 Å². The van der Waals surface area contributed by atoms with Crippen molar-refractivity contribution in [1.29, 1.82) is 0 Å². The second-order valence-electron chi connectivity index (χ2n) is 7.01. The summed E-state index contributed by atoms with van der Waals surface area (Å²) in [5, 5.41) is 6.88. The molecule has 2 aromatic carbocycles. The first-order valence-electron chi connectivity index (χ1n) is 9.11. The van der Waals surface area contributed by atoms with Crippen LogP contribution in [0, 0.1) is 0 Å². The topological polar surface area (TPSA) is 71.0 Å². The van der Waals surface area contributed by atoms with E-state index in [0.29, 0.717) is 30.8 Å². The summed E-state index contributed by atoms with van der Waals surface area (Å²) in [6, 6.07) is 18.5. The van der Waals surface area contributed by atoms with Gasteiger partial charge < -0.3 is 15.1 Å². The standard InChI is InChI=1S/C21H21N3O3/c25-19(22-17-10-5-2-6-11-17)18-14-21(27-23-18)12-7-13-24(15-21)20(26)16-8-3-1-4-9-16/h1-6,8-11H,7,12-15H2,(H,22,25). The van der Waals surface area contributed by atoms with E-state index < -0.39 is 5.60 Å². The Bertz CT molecular complexity index is 867. The molecule has 2 aliphatic heterocycles. The molecule has 0 bridgehead atoms. The number of hydrogen-bond acceptors (Lipinski definition) is 4. The van der Waals surface area contributed by atoms with Gasteiger partial charge in [0.25, 0.3) is 11.8 Å². The molecule has 6 nitrogen and oxygen atoms in total. The highest BCUT2D eigenvalue weighted by Crippen LogP contribution is 2.34. The van der Waals surface area contributed by atoms with Gasteiger partial charge in [-0.1, -0.05) is 41.6 Å². The van der Waals surface area contributed by atoms with Crippen molar-refractivity contribution in [3.63, 3.8) is 0 Å². The number of nitrogens with zero attached hydrogens (tertiary/aromatic N) is 2. The van der Waals surface area contributed by atoms with Crippen LogP contribution in [-0.4, -0.2) is 41.1 Å². The molecule has 138 valence electrons. The molecular formula is C21H21N3O3. The Hall–Kier alpha value is -3.15. The highest BCUT2D eigenvalue weighted by Gasteiger charge is 2.45. The van der Waals surface area contributed by atoms with Crippen LogP contribution in [-0.2, 0) is 9.63 Å². The van der Waals surface area contributed by atoms with E-state index >= 15 is 0 Å². The molecule has 2 aliphatic rings. The van der Waals surface area contributed by atoms with Crippen LogP contribution in [0.15, 0.2) is 65.8 Å². The molecule has 1 N–H and O–H groups in total. The van der Waals surface area contributed by atoms with Crippen LogP contribution in [0.1, 0.15) is 29.6 Å². The van der Waals surface area contributed by atoms with Gasteiger partial charge in [-0.25, -0.2) is 0 Å². The largest absolute Gasteiger partial charge is 0.386 e. The minimum absolute atomic E-state index is 0.0135. The zero-order valence-electron chi connectivity index (χ0n) is 14.9. The van der Waals surface area contributed by atoms with E-state index in [9.17, 15) is 9.59 Å². The van der Waals surface area contributed by atoms with Gasteiger partial charge in [-0.2, -0.15) is 0 Å². The third-order valence-electron chi connectivity index (χ3n) is 4.98. The Labute approximate surface area is 157 Å². The van der Waals surface area contributed by atoms with E-state index in [0.717, 1.165) is 18.5 Å². The quantitative estimate of drug-likeness (QED) is 0.911. The van der Waals surface area contributed by atoms with Gasteiger partial charge in [-0.3, -0.25) is 9.59 Å². The van der Waals surface area contributed by atoms with E-state index in [4.69, 9.17) is 4.84 Å². The average molecular weight is 363 g/mol. The number of nitrogens with one attached hydrogen (secondary N) is 1. The second kappa shape index (κ2) is 7.23. The lowest BCUT2D eigenvalue weighted by atomic mass is 9.87. The summed E-state index contributed by atoms with van der Waals surface area (Å²) in [6.07, 6.45) is 2.00. The van der Waals surface area contributed by atoms with Crippen molar-refractivity contribution < 1.29 is 14.4 Å². The summed E-state index contributed by atoms with van der Waals surface area (Å²) >= 11 is 0. The maximum Gasteiger partial charge on any atom is 0.273 e. The molecule has 0 aliphatic carbocycles. The number of amides is 2. The lowest BCUT2D eigenvalue weighted by molar-refractivity contribution is -0.110. The predicted molar refractivity (Wildman–Crippen MR) is 103 cm³/mol. The first-order chi connectivity index (χ1) is 13.2. The smallest absolute Gasteiger partial charge is 0.273 e. The monoisotopic (exact) mass is 363 g/mol. The van der Waals surface area contributed by atoms with Gasteiger partial charge >= 0.3 is 0 Å². The number of hydrogen-bond donors (Lipinski definition) is 1. The molecule has 6 heteroatoms. The number of likely N-dealkylation sites (tertiary alicyclic amines) is 1. The molecule has 1 saturated heterocycles. The lowest BCUT2D eigenvalue weighted by Gasteiger charge is -2.38. The Kier molecular flexibility index (Phi) is 4.62. The molecule has 1 spiro atoms. The zero-order chi connectivity index (χ0) is 18.7. The highest BCUT2D eigenvalue weighted by atomic mass is 16.7. The molecule has 2 amide bonds. The van der Waals surface area contributed by atoms with E-state index in [-0.39, 0.29) is 11.8 Å². The fraction of sp³-hybridized carbons (Fsp3) is 0.286. The van der Waals surface area contributed by atoms with Gasteiger partial charge in [0.05, 0.1) is 6.54 Å². The lowest BCUT2D eigenvalue weighted by Crippen LogP contribution is -2.50. The van der Waals surface area contributed by atoms with E-state index in [2.05, 4.69) is 10.5 Å². The van der Waals surface area contributed by atoms with Gasteiger partial charge in [0.15, 0.2) is 5.60 Å². The van der Waals surface area contributed by atoms with Crippen molar-refractivity contribution in [3.05, 3.63) is 66.2 Å². The van der Waals surface area contributed by atoms with Crippen molar-refractivity contribution in [3.8, 4) is 0 Å². The molecule has 4 rings (SSSR count). The molecule has 1 unspecified atom stereocenters. The predicted octanol–water partition coefficient (Wildman–Crippen LogP) is 3.08. The summed E-state index contributed by atoms with van der Waals surface area (Å²) in [4.78, 5) is 32.7. The molecule has 0 aromatic heterocycles. The zero-order valence-corrected chi connectivity index (χ0v) is 14.9. The average Bonchev–Trinajstić information content (AvgIpc) is 3.12. The van der Waals surface area contributed by atoms with Gasteiger partial charge in [0.2, 0.25) is 0 Å². The van der Waals surface area contributed by atoms with Crippen LogP contribution < -0.4 is 5.32 Å². The number of oxime groups is 1. The third-order valence-corrected chi connectivity index (χ3v) is 4.98. The minimum atomic E-state index is -0.605. The maximum absolute atomic E-state index is 12.8. The first kappa shape index (κ1) is 17.3. The van der Waals surface area contributed by atoms with Crippen molar-refractivity contribution in [1.82, 2.24) is 4.90 Å². The molecule has 1 atom stereocenters. The van der Waals surface area contributed by atoms with Gasteiger partial charge in [-0.05, 0) is 37.1 Å². The summed E-state index contributed by atoms with van der Waals surface area (Å²) in [5.74, 6) is -0.273. The SMILES string of the molecule is O=C(Nc1ccccc1)C1=NOC2(CCCN(C(=O)c3ccccc3)C2)C1. The third kappa shape index (κ3) is 3.69. The van der Waals surface area contributed by atoms with E-state index in [1.165, 1.54) is 0 Å². The maximum atomic E-state index is 12.8. The number of para-hydroxylation sites is 1. The molecule has 0 saturated carbocycles. The summed E-state index contributed by atoms with van der Waals surface area (Å²) < 4.78 is 0. The number of rotatable bonds is 3. The number of benzene rings is 2. The number of carbonyl (C=O) groups is 2. The van der Waals surface area contributed by atoms with Crippen molar-refractivity contribution in [2.45, 2.75) is 24.9 Å². The van der Waals surface area contributed by atoms with Crippen molar-refractivity contribution in [2.24, 2.45) is 5.16 Å². The Balaban J connectivity index is 1.41. The number of anilines is 1. The van der Waals surface area contributed by atoms with E-state index in [1.807, 2.05) is 60.7 Å². The number of carbonyl (C=O) groups excluding carboxylic acids is 2. The summed E-state index contributed by atoms with van der Waals surface area (Å²) in [6.45, 7) is 1.12. The Morgan fingerprint density at radius 2 is 1.74 bits per heavy atom. The van der Waals surface area contributed by atoms with Gasteiger partial charge in [0.1, 0.15) is 5.71 Å². The fourth-order valence-corrected chi connectivity index (χ4v) is 3.62.